The maximum atomic E-state index is 13.5. The number of anilines is 1. The Bertz CT molecular complexity index is 916. The van der Waals surface area contributed by atoms with Crippen LogP contribution in [-0.2, 0) is 22.2 Å². The Kier molecular flexibility index (Phi) is 6.74. The van der Waals surface area contributed by atoms with Gasteiger partial charge in [-0.15, -0.1) is 0 Å². The molecule has 0 spiro atoms. The summed E-state index contributed by atoms with van der Waals surface area (Å²) >= 11 is 3.30. The fraction of sp³-hybridized carbons (Fsp3) is 0.389. The van der Waals surface area contributed by atoms with Crippen LogP contribution in [0.4, 0.5) is 18.9 Å². The first kappa shape index (κ1) is 22.9. The van der Waals surface area contributed by atoms with Gasteiger partial charge in [-0.1, -0.05) is 15.9 Å². The van der Waals surface area contributed by atoms with Crippen molar-refractivity contribution in [3.8, 4) is 0 Å². The van der Waals surface area contributed by atoms with E-state index < -0.39 is 42.4 Å². The van der Waals surface area contributed by atoms with Crippen molar-refractivity contribution in [1.82, 2.24) is 14.5 Å². The smallest absolute Gasteiger partial charge is 0.374 e. The maximum Gasteiger partial charge on any atom is 0.425 e. The molecule has 2 aromatic rings. The summed E-state index contributed by atoms with van der Waals surface area (Å²) in [5.74, 6) is -2.35. The number of carbonyl (C=O) groups excluding carboxylic acids is 2. The number of nitrogens with zero attached hydrogens (tertiary/aromatic N) is 3. The van der Waals surface area contributed by atoms with Gasteiger partial charge in [0.2, 0.25) is 17.4 Å². The van der Waals surface area contributed by atoms with Gasteiger partial charge in [-0.25, -0.2) is 4.98 Å². The zero-order chi connectivity index (χ0) is 22.0. The Morgan fingerprint density at radius 1 is 1.34 bits per heavy atom. The second-order valence-corrected chi connectivity index (χ2v) is 7.57. The highest BCUT2D eigenvalue weighted by molar-refractivity contribution is 9.10. The first-order valence-corrected chi connectivity index (χ1v) is 9.21. The van der Waals surface area contributed by atoms with Gasteiger partial charge in [-0.05, 0) is 30.7 Å². The van der Waals surface area contributed by atoms with Crippen molar-refractivity contribution in [2.24, 2.45) is 7.05 Å². The molecule has 7 nitrogen and oxygen atoms in total. The summed E-state index contributed by atoms with van der Waals surface area (Å²) in [6.07, 6.45) is -4.12. The molecule has 0 bridgehead atoms. The van der Waals surface area contributed by atoms with E-state index in [2.05, 4.69) is 26.2 Å². The maximum absolute atomic E-state index is 13.5. The van der Waals surface area contributed by atoms with Crippen molar-refractivity contribution in [2.75, 3.05) is 18.9 Å². The molecule has 158 valence electrons. The summed E-state index contributed by atoms with van der Waals surface area (Å²) in [6.45, 7) is 1.29. The summed E-state index contributed by atoms with van der Waals surface area (Å²) in [7, 11) is 2.47. The Morgan fingerprint density at radius 3 is 2.52 bits per heavy atom. The third-order valence-electron chi connectivity index (χ3n) is 4.34. The highest BCUT2D eigenvalue weighted by Gasteiger charge is 2.58. The van der Waals surface area contributed by atoms with Crippen LogP contribution in [0.15, 0.2) is 35.1 Å². The van der Waals surface area contributed by atoms with Crippen LogP contribution in [0.2, 0.25) is 0 Å². The quantitative estimate of drug-likeness (QED) is 0.670. The van der Waals surface area contributed by atoms with Gasteiger partial charge in [-0.2, -0.15) is 13.2 Å². The van der Waals surface area contributed by atoms with Gasteiger partial charge in [0.15, 0.2) is 5.82 Å². The number of carbonyl (C=O) groups is 2. The van der Waals surface area contributed by atoms with Crippen molar-refractivity contribution in [2.45, 2.75) is 25.1 Å². The van der Waals surface area contributed by atoms with Crippen LogP contribution in [-0.4, -0.2) is 51.1 Å². The van der Waals surface area contributed by atoms with Gasteiger partial charge < -0.3 is 19.9 Å². The van der Waals surface area contributed by atoms with E-state index in [-0.39, 0.29) is 0 Å². The van der Waals surface area contributed by atoms with E-state index in [1.165, 1.54) is 20.3 Å². The molecule has 11 heteroatoms. The Balaban J connectivity index is 2.10. The van der Waals surface area contributed by atoms with Crippen LogP contribution in [0.3, 0.4) is 0 Å². The summed E-state index contributed by atoms with van der Waals surface area (Å²) < 4.78 is 42.4. The van der Waals surface area contributed by atoms with Gasteiger partial charge >= 0.3 is 6.18 Å². The third-order valence-corrected chi connectivity index (χ3v) is 4.83. The second-order valence-electron chi connectivity index (χ2n) is 6.65. The lowest BCUT2D eigenvalue weighted by Crippen LogP contribution is -2.48. The largest absolute Gasteiger partial charge is 0.425 e. The highest BCUT2D eigenvalue weighted by Crippen LogP contribution is 2.41. The Labute approximate surface area is 173 Å². The van der Waals surface area contributed by atoms with Gasteiger partial charge in [0.1, 0.15) is 0 Å². The predicted octanol–water partition coefficient (Wildman–Crippen LogP) is 2.73. The van der Waals surface area contributed by atoms with E-state index in [4.69, 9.17) is 0 Å². The molecular formula is C18H20BrF3N4O3. The normalized spacial score (nSPS) is 13.7. The number of amides is 2. The first-order chi connectivity index (χ1) is 13.3. The molecule has 0 saturated heterocycles. The average molecular weight is 477 g/mol. The minimum absolute atomic E-state index is 0.483. The molecule has 0 saturated carbocycles. The Hall–Kier alpha value is -2.40. The summed E-state index contributed by atoms with van der Waals surface area (Å²) in [4.78, 5) is 28.9. The molecule has 1 aromatic carbocycles. The number of nitrogens with one attached hydrogen (secondary N) is 1. The summed E-state index contributed by atoms with van der Waals surface area (Å²) in [5.41, 5.74) is -2.20. The van der Waals surface area contributed by atoms with Crippen LogP contribution >= 0.6 is 15.9 Å². The number of alkyl halides is 3. The average Bonchev–Trinajstić information content (AvgIpc) is 3.02. The van der Waals surface area contributed by atoms with Gasteiger partial charge in [0.05, 0.1) is 13.0 Å². The number of aryl methyl sites for hydroxylation is 2. The number of halogens is 4. The molecule has 0 unspecified atom stereocenters. The summed E-state index contributed by atoms with van der Waals surface area (Å²) in [6, 6.07) is 5.15. The van der Waals surface area contributed by atoms with Crippen LogP contribution in [0.5, 0.6) is 0 Å². The molecule has 2 rings (SSSR count). The Morgan fingerprint density at radius 2 is 2.00 bits per heavy atom. The topological polar surface area (TPSA) is 87.5 Å². The third kappa shape index (κ3) is 5.15. The standard InChI is InChI=1S/C18H20BrF3N4O3/c1-11-8-12(19)4-5-13(11)24-14(27)10-26(3)15(28)9-17(29,18(20,21)22)16-23-6-7-25(16)2/h4-8,29H,9-10H2,1-3H3,(H,24,27)/t17-/m1/s1. The number of hydrogen-bond acceptors (Lipinski definition) is 4. The van der Waals surface area contributed by atoms with E-state index in [1.807, 2.05) is 0 Å². The molecular weight excluding hydrogens is 457 g/mol. The molecule has 1 aromatic heterocycles. The first-order valence-electron chi connectivity index (χ1n) is 8.42. The molecule has 29 heavy (non-hydrogen) atoms. The molecule has 1 atom stereocenters. The van der Waals surface area contributed by atoms with E-state index in [0.717, 1.165) is 25.7 Å². The van der Waals surface area contributed by atoms with Crippen LogP contribution in [0.25, 0.3) is 0 Å². The molecule has 0 aliphatic carbocycles. The number of likely N-dealkylation sites (N-methyl/N-ethyl adjacent to an activating group) is 1. The number of rotatable bonds is 6. The monoisotopic (exact) mass is 476 g/mol. The molecule has 2 amide bonds. The van der Waals surface area contributed by atoms with Crippen molar-refractivity contribution < 1.29 is 27.9 Å². The number of benzene rings is 1. The highest BCUT2D eigenvalue weighted by atomic mass is 79.9. The summed E-state index contributed by atoms with van der Waals surface area (Å²) in [5, 5.41) is 12.9. The zero-order valence-electron chi connectivity index (χ0n) is 15.9. The second kappa shape index (κ2) is 8.54. The molecule has 0 aliphatic rings. The number of aliphatic hydroxyl groups is 1. The van der Waals surface area contributed by atoms with Gasteiger partial charge in [0, 0.05) is 36.6 Å². The number of imidazole rings is 1. The molecule has 2 N–H and O–H groups in total. The lowest BCUT2D eigenvalue weighted by Gasteiger charge is -2.30. The molecule has 0 radical (unpaired) electrons. The van der Waals surface area contributed by atoms with E-state index in [1.54, 1.807) is 25.1 Å². The number of aromatic nitrogens is 2. The van der Waals surface area contributed by atoms with E-state index >= 15 is 0 Å². The van der Waals surface area contributed by atoms with Crippen molar-refractivity contribution in [3.63, 3.8) is 0 Å². The van der Waals surface area contributed by atoms with E-state index in [9.17, 15) is 27.9 Å². The fourth-order valence-electron chi connectivity index (χ4n) is 2.68. The molecule has 0 fully saturated rings. The van der Waals surface area contributed by atoms with Crippen LogP contribution in [0, 0.1) is 6.92 Å². The fourth-order valence-corrected chi connectivity index (χ4v) is 3.16. The van der Waals surface area contributed by atoms with Gasteiger partial charge in [0.25, 0.3) is 0 Å². The predicted molar refractivity (Wildman–Crippen MR) is 103 cm³/mol. The minimum atomic E-state index is -5.14. The van der Waals surface area contributed by atoms with Crippen molar-refractivity contribution in [3.05, 3.63) is 46.5 Å². The van der Waals surface area contributed by atoms with Crippen LogP contribution in [0.1, 0.15) is 17.8 Å². The lowest BCUT2D eigenvalue weighted by molar-refractivity contribution is -0.271. The SMILES string of the molecule is Cc1cc(Br)ccc1NC(=O)CN(C)C(=O)C[C@@](O)(c1nccn1C)C(F)(F)F. The van der Waals surface area contributed by atoms with Crippen molar-refractivity contribution >= 4 is 33.4 Å². The lowest BCUT2D eigenvalue weighted by atomic mass is 9.96. The number of hydrogen-bond donors (Lipinski definition) is 2. The van der Waals surface area contributed by atoms with E-state index in [0.29, 0.717) is 5.69 Å². The van der Waals surface area contributed by atoms with Crippen molar-refractivity contribution in [1.29, 1.82) is 0 Å². The molecule has 1 heterocycles. The zero-order valence-corrected chi connectivity index (χ0v) is 17.5. The van der Waals surface area contributed by atoms with Gasteiger partial charge in [-0.3, -0.25) is 9.59 Å². The van der Waals surface area contributed by atoms with Crippen LogP contribution < -0.4 is 5.32 Å². The minimum Gasteiger partial charge on any atom is -0.374 e. The molecule has 0 aliphatic heterocycles.